The summed E-state index contributed by atoms with van der Waals surface area (Å²) in [5, 5.41) is 6.92. The number of hydrogen-bond donors (Lipinski definition) is 1. The maximum absolute atomic E-state index is 4.86. The molecule has 0 saturated heterocycles. The maximum Gasteiger partial charge on any atom is 0.172 e. The fourth-order valence-electron chi connectivity index (χ4n) is 3.41. The lowest BCUT2D eigenvalue weighted by Crippen LogP contribution is -2.30. The van der Waals surface area contributed by atoms with Gasteiger partial charge in [0.05, 0.1) is 10.4 Å². The molecule has 0 spiro atoms. The molecule has 4 heteroatoms. The standard InChI is InChI=1S/C19H21N3S/c1-13-7-2-4-9-15(13)20-18-14-8-3-5-10-16(14)21-19(22-18)17-11-6-12-23-17/h3,5-6,8,10-13,15H,2,4,7,9H2,1H3,(H,20,21,22)/t13-,15+/m1/s1. The Morgan fingerprint density at radius 3 is 2.74 bits per heavy atom. The number of anilines is 1. The molecule has 1 N–H and O–H groups in total. The normalized spacial score (nSPS) is 21.4. The average molecular weight is 323 g/mol. The van der Waals surface area contributed by atoms with E-state index in [-0.39, 0.29) is 0 Å². The van der Waals surface area contributed by atoms with Crippen molar-refractivity contribution in [3.63, 3.8) is 0 Å². The van der Waals surface area contributed by atoms with E-state index < -0.39 is 0 Å². The number of fused-ring (bicyclic) bond motifs is 1. The zero-order chi connectivity index (χ0) is 15.6. The topological polar surface area (TPSA) is 37.8 Å². The molecular formula is C19H21N3S. The highest BCUT2D eigenvalue weighted by Gasteiger charge is 2.22. The van der Waals surface area contributed by atoms with E-state index >= 15 is 0 Å². The molecule has 2 heterocycles. The van der Waals surface area contributed by atoms with E-state index in [9.17, 15) is 0 Å². The third-order valence-corrected chi connectivity index (χ3v) is 5.64. The van der Waals surface area contributed by atoms with Crippen LogP contribution >= 0.6 is 11.3 Å². The molecule has 0 aliphatic heterocycles. The quantitative estimate of drug-likeness (QED) is 0.706. The second-order valence-electron chi connectivity index (χ2n) is 6.40. The van der Waals surface area contributed by atoms with Crippen molar-refractivity contribution in [3.8, 4) is 10.7 Å². The fraction of sp³-hybridized carbons (Fsp3) is 0.368. The minimum Gasteiger partial charge on any atom is -0.366 e. The molecule has 2 atom stereocenters. The lowest BCUT2D eigenvalue weighted by molar-refractivity contribution is 0.349. The van der Waals surface area contributed by atoms with Crippen LogP contribution in [0.5, 0.6) is 0 Å². The third-order valence-electron chi connectivity index (χ3n) is 4.78. The van der Waals surface area contributed by atoms with Crippen molar-refractivity contribution < 1.29 is 0 Å². The maximum atomic E-state index is 4.86. The number of thiophene rings is 1. The van der Waals surface area contributed by atoms with Gasteiger partial charge in [0, 0.05) is 11.4 Å². The van der Waals surface area contributed by atoms with Crippen LogP contribution in [0.1, 0.15) is 32.6 Å². The minimum absolute atomic E-state index is 0.512. The first kappa shape index (κ1) is 14.6. The second kappa shape index (κ2) is 6.28. The molecule has 4 rings (SSSR count). The predicted octanol–water partition coefficient (Wildman–Crippen LogP) is 5.35. The number of nitrogens with zero attached hydrogens (tertiary/aromatic N) is 2. The highest BCUT2D eigenvalue weighted by molar-refractivity contribution is 7.13. The lowest BCUT2D eigenvalue weighted by atomic mass is 9.86. The molecule has 1 aliphatic rings. The van der Waals surface area contributed by atoms with Gasteiger partial charge in [-0.05, 0) is 42.3 Å². The van der Waals surface area contributed by atoms with E-state index in [0.29, 0.717) is 12.0 Å². The summed E-state index contributed by atoms with van der Waals surface area (Å²) >= 11 is 1.69. The molecule has 0 amide bonds. The molecule has 3 nitrogen and oxygen atoms in total. The Morgan fingerprint density at radius 1 is 1.04 bits per heavy atom. The van der Waals surface area contributed by atoms with E-state index in [0.717, 1.165) is 27.4 Å². The van der Waals surface area contributed by atoms with Crippen LogP contribution in [-0.4, -0.2) is 16.0 Å². The zero-order valence-corrected chi connectivity index (χ0v) is 14.1. The number of hydrogen-bond acceptors (Lipinski definition) is 4. The van der Waals surface area contributed by atoms with Crippen molar-refractivity contribution in [2.75, 3.05) is 5.32 Å². The molecule has 3 aromatic rings. The Bertz CT molecular complexity index is 797. The second-order valence-corrected chi connectivity index (χ2v) is 7.35. The van der Waals surface area contributed by atoms with Crippen LogP contribution in [0.25, 0.3) is 21.6 Å². The number of nitrogens with one attached hydrogen (secondary N) is 1. The van der Waals surface area contributed by atoms with E-state index in [1.54, 1.807) is 11.3 Å². The van der Waals surface area contributed by atoms with Gasteiger partial charge in [0.15, 0.2) is 5.82 Å². The van der Waals surface area contributed by atoms with Crippen LogP contribution in [0.2, 0.25) is 0 Å². The largest absolute Gasteiger partial charge is 0.366 e. The zero-order valence-electron chi connectivity index (χ0n) is 13.3. The van der Waals surface area contributed by atoms with Crippen molar-refractivity contribution in [2.24, 2.45) is 5.92 Å². The van der Waals surface area contributed by atoms with Crippen molar-refractivity contribution in [1.82, 2.24) is 9.97 Å². The molecule has 1 aliphatic carbocycles. The van der Waals surface area contributed by atoms with Gasteiger partial charge in [0.1, 0.15) is 5.82 Å². The summed E-state index contributed by atoms with van der Waals surface area (Å²) in [5.41, 5.74) is 1.01. The molecular weight excluding hydrogens is 302 g/mol. The van der Waals surface area contributed by atoms with Gasteiger partial charge in [-0.15, -0.1) is 11.3 Å². The molecule has 0 unspecified atom stereocenters. The van der Waals surface area contributed by atoms with Crippen molar-refractivity contribution in [1.29, 1.82) is 0 Å². The first-order valence-corrected chi connectivity index (χ1v) is 9.26. The molecule has 1 fully saturated rings. The molecule has 1 aromatic carbocycles. The number of aromatic nitrogens is 2. The molecule has 23 heavy (non-hydrogen) atoms. The summed E-state index contributed by atoms with van der Waals surface area (Å²) in [6.45, 7) is 2.35. The average Bonchev–Trinajstić information content (AvgIpc) is 3.11. The first-order chi connectivity index (χ1) is 11.3. The summed E-state index contributed by atoms with van der Waals surface area (Å²) in [5.74, 6) is 2.50. The first-order valence-electron chi connectivity index (χ1n) is 8.38. The van der Waals surface area contributed by atoms with Crippen molar-refractivity contribution in [3.05, 3.63) is 41.8 Å². The number of rotatable bonds is 3. The van der Waals surface area contributed by atoms with Crippen molar-refractivity contribution in [2.45, 2.75) is 38.6 Å². The fourth-order valence-corrected chi connectivity index (χ4v) is 4.07. The van der Waals surface area contributed by atoms with Gasteiger partial charge in [0.2, 0.25) is 0 Å². The Balaban J connectivity index is 1.77. The minimum atomic E-state index is 0.512. The van der Waals surface area contributed by atoms with Gasteiger partial charge in [-0.25, -0.2) is 9.97 Å². The van der Waals surface area contributed by atoms with Crippen LogP contribution in [0.3, 0.4) is 0 Å². The summed E-state index contributed by atoms with van der Waals surface area (Å²) in [6.07, 6.45) is 5.19. The van der Waals surface area contributed by atoms with Crippen LogP contribution in [0, 0.1) is 5.92 Å². The van der Waals surface area contributed by atoms with Gasteiger partial charge < -0.3 is 5.32 Å². The summed E-state index contributed by atoms with van der Waals surface area (Å²) in [4.78, 5) is 10.7. The highest BCUT2D eigenvalue weighted by atomic mass is 32.1. The number of benzene rings is 1. The van der Waals surface area contributed by atoms with E-state index in [2.05, 4.69) is 48.0 Å². The van der Waals surface area contributed by atoms with Crippen LogP contribution in [0.15, 0.2) is 41.8 Å². The summed E-state index contributed by atoms with van der Waals surface area (Å²) in [6, 6.07) is 12.9. The van der Waals surface area contributed by atoms with Gasteiger partial charge in [-0.1, -0.05) is 38.0 Å². The monoisotopic (exact) mass is 323 g/mol. The summed E-state index contributed by atoms with van der Waals surface area (Å²) in [7, 11) is 0. The molecule has 2 aromatic heterocycles. The van der Waals surface area contributed by atoms with Gasteiger partial charge >= 0.3 is 0 Å². The van der Waals surface area contributed by atoms with E-state index in [1.165, 1.54) is 25.7 Å². The van der Waals surface area contributed by atoms with Gasteiger partial charge in [-0.3, -0.25) is 0 Å². The Kier molecular flexibility index (Phi) is 4.00. The molecule has 1 saturated carbocycles. The van der Waals surface area contributed by atoms with Gasteiger partial charge in [0.25, 0.3) is 0 Å². The van der Waals surface area contributed by atoms with E-state index in [4.69, 9.17) is 9.97 Å². The molecule has 0 bridgehead atoms. The predicted molar refractivity (Wildman–Crippen MR) is 97.9 cm³/mol. The smallest absolute Gasteiger partial charge is 0.172 e. The van der Waals surface area contributed by atoms with Gasteiger partial charge in [-0.2, -0.15) is 0 Å². The molecule has 118 valence electrons. The Morgan fingerprint density at radius 2 is 1.91 bits per heavy atom. The van der Waals surface area contributed by atoms with E-state index in [1.807, 2.05) is 6.07 Å². The SMILES string of the molecule is C[C@@H]1CCCC[C@@H]1Nc1nc(-c2cccs2)nc2ccccc12. The van der Waals surface area contributed by atoms with Crippen molar-refractivity contribution >= 4 is 28.1 Å². The van der Waals surface area contributed by atoms with Crippen LogP contribution in [-0.2, 0) is 0 Å². The highest BCUT2D eigenvalue weighted by Crippen LogP contribution is 2.31. The molecule has 0 radical (unpaired) electrons. The third kappa shape index (κ3) is 2.95. The van der Waals surface area contributed by atoms with Crippen LogP contribution < -0.4 is 5.32 Å². The summed E-state index contributed by atoms with van der Waals surface area (Å²) < 4.78 is 0. The lowest BCUT2D eigenvalue weighted by Gasteiger charge is -2.30. The van der Waals surface area contributed by atoms with Crippen LogP contribution in [0.4, 0.5) is 5.82 Å². The Labute approximate surface area is 140 Å². The Hall–Kier alpha value is -1.94. The number of para-hydroxylation sites is 1.